The quantitative estimate of drug-likeness (QED) is 0.234. The summed E-state index contributed by atoms with van der Waals surface area (Å²) < 4.78 is 20.6. The first-order valence-corrected chi connectivity index (χ1v) is 9.60. The van der Waals surface area contributed by atoms with Crippen LogP contribution in [0.5, 0.6) is 0 Å². The van der Waals surface area contributed by atoms with E-state index in [1.54, 1.807) is 17.9 Å². The first-order chi connectivity index (χ1) is 15.0. The van der Waals surface area contributed by atoms with Crippen LogP contribution in [0.1, 0.15) is 21.7 Å². The highest BCUT2D eigenvalue weighted by molar-refractivity contribution is 7.98. The molecule has 0 fully saturated rings. The van der Waals surface area contributed by atoms with E-state index in [2.05, 4.69) is 46.0 Å². The van der Waals surface area contributed by atoms with Crippen molar-refractivity contribution >= 4 is 29.7 Å². The molecule has 0 bridgehead atoms. The third-order valence-corrected chi connectivity index (χ3v) is 4.98. The van der Waals surface area contributed by atoms with Gasteiger partial charge in [-0.3, -0.25) is 4.79 Å². The second-order valence-corrected chi connectivity index (χ2v) is 6.98. The molecule has 158 valence electrons. The number of hydrazone groups is 1. The van der Waals surface area contributed by atoms with E-state index in [0.717, 1.165) is 0 Å². The summed E-state index contributed by atoms with van der Waals surface area (Å²) in [6.07, 6.45) is 2.92. The molecule has 0 unspecified atom stereocenters. The Bertz CT molecular complexity index is 1230. The lowest BCUT2D eigenvalue weighted by molar-refractivity contribution is 0.0949. The second kappa shape index (κ2) is 8.70. The average molecular weight is 443 g/mol. The molecular weight excluding hydrogens is 429 g/mol. The van der Waals surface area contributed by atoms with Gasteiger partial charge in [0.25, 0.3) is 5.91 Å². The highest BCUT2D eigenvalue weighted by Crippen LogP contribution is 2.24. The number of carbonyl (C=O) groups excluding carboxylic acids is 1. The number of aryl methyl sites for hydroxylation is 1. The first kappa shape index (κ1) is 20.1. The minimum absolute atomic E-state index is 0.00618. The van der Waals surface area contributed by atoms with Crippen LogP contribution in [0, 0.1) is 5.82 Å². The van der Waals surface area contributed by atoms with E-state index in [4.69, 9.17) is 5.73 Å². The van der Waals surface area contributed by atoms with Gasteiger partial charge in [0.05, 0.1) is 11.9 Å². The van der Waals surface area contributed by atoms with Crippen molar-refractivity contribution in [1.82, 2.24) is 45.5 Å². The van der Waals surface area contributed by atoms with Crippen LogP contribution < -0.4 is 11.2 Å². The second-order valence-electron chi connectivity index (χ2n) is 6.03. The predicted octanol–water partition coefficient (Wildman–Crippen LogP) is 0.556. The third kappa shape index (κ3) is 4.40. The van der Waals surface area contributed by atoms with Crippen LogP contribution in [0.4, 0.5) is 10.2 Å². The monoisotopic (exact) mass is 443 g/mol. The lowest BCUT2D eigenvalue weighted by atomic mass is 10.2. The summed E-state index contributed by atoms with van der Waals surface area (Å²) in [4.78, 5) is 12.7. The summed E-state index contributed by atoms with van der Waals surface area (Å²) in [5, 5.41) is 27.4. The van der Waals surface area contributed by atoms with Crippen molar-refractivity contribution in [3.63, 3.8) is 0 Å². The fraction of sp³-hybridized carbons (Fsp3) is 0.125. The summed E-state index contributed by atoms with van der Waals surface area (Å²) >= 11 is 1.30. The summed E-state index contributed by atoms with van der Waals surface area (Å²) in [5.74, 6) is -0.681. The molecule has 3 N–H and O–H groups in total. The maximum absolute atomic E-state index is 13.0. The molecule has 0 radical (unpaired) electrons. The number of amides is 1. The molecule has 13 nitrogen and oxygen atoms in total. The third-order valence-electron chi connectivity index (χ3n) is 3.93. The maximum atomic E-state index is 13.0. The lowest BCUT2D eigenvalue weighted by Gasteiger charge is -2.05. The summed E-state index contributed by atoms with van der Waals surface area (Å²) in [7, 11) is 1.79. The van der Waals surface area contributed by atoms with E-state index < -0.39 is 5.91 Å². The van der Waals surface area contributed by atoms with Crippen molar-refractivity contribution in [2.75, 3.05) is 5.73 Å². The zero-order valence-corrected chi connectivity index (χ0v) is 16.7. The van der Waals surface area contributed by atoms with Crippen LogP contribution in [-0.2, 0) is 12.8 Å². The zero-order chi connectivity index (χ0) is 21.8. The Morgan fingerprint density at radius 1 is 1.32 bits per heavy atom. The molecule has 1 aromatic carbocycles. The molecule has 4 aromatic rings. The Balaban J connectivity index is 1.57. The number of benzene rings is 1. The number of carbonyl (C=O) groups is 1. The smallest absolute Gasteiger partial charge is 0.293 e. The van der Waals surface area contributed by atoms with E-state index in [9.17, 15) is 9.18 Å². The van der Waals surface area contributed by atoms with Crippen molar-refractivity contribution in [1.29, 1.82) is 0 Å². The van der Waals surface area contributed by atoms with E-state index in [1.165, 1.54) is 46.9 Å². The van der Waals surface area contributed by atoms with Gasteiger partial charge in [-0.15, -0.1) is 15.3 Å². The van der Waals surface area contributed by atoms with Gasteiger partial charge in [-0.1, -0.05) is 29.1 Å². The number of nitrogens with two attached hydrogens (primary N) is 1. The number of anilines is 1. The number of nitrogens with zero attached hydrogens (tertiary/aromatic N) is 9. The van der Waals surface area contributed by atoms with Gasteiger partial charge in [0.1, 0.15) is 12.1 Å². The summed E-state index contributed by atoms with van der Waals surface area (Å²) in [6, 6.07) is 5.61. The Hall–Kier alpha value is -4.14. The molecule has 0 saturated heterocycles. The molecule has 3 aromatic heterocycles. The Kier molecular flexibility index (Phi) is 5.65. The highest BCUT2D eigenvalue weighted by Gasteiger charge is 2.24. The van der Waals surface area contributed by atoms with Crippen molar-refractivity contribution < 1.29 is 13.8 Å². The summed E-state index contributed by atoms with van der Waals surface area (Å²) in [5.41, 5.74) is 9.09. The van der Waals surface area contributed by atoms with Crippen molar-refractivity contribution in [2.24, 2.45) is 12.1 Å². The van der Waals surface area contributed by atoms with Crippen LogP contribution in [0.3, 0.4) is 0 Å². The number of rotatable bonds is 7. The van der Waals surface area contributed by atoms with E-state index >= 15 is 0 Å². The van der Waals surface area contributed by atoms with Crippen LogP contribution in [0.2, 0.25) is 0 Å². The molecule has 0 aliphatic heterocycles. The van der Waals surface area contributed by atoms with Crippen molar-refractivity contribution in [3.05, 3.63) is 53.4 Å². The number of nitrogen functional groups attached to an aromatic ring is 1. The van der Waals surface area contributed by atoms with Gasteiger partial charge in [-0.05, 0) is 28.0 Å². The van der Waals surface area contributed by atoms with Crippen LogP contribution in [0.25, 0.3) is 5.82 Å². The average Bonchev–Trinajstić information content (AvgIpc) is 3.47. The van der Waals surface area contributed by atoms with Gasteiger partial charge in [0.2, 0.25) is 11.6 Å². The number of halogens is 1. The van der Waals surface area contributed by atoms with Crippen LogP contribution in [-0.4, -0.2) is 52.2 Å². The number of thioether (sulfide) groups is 1. The van der Waals surface area contributed by atoms with Gasteiger partial charge in [-0.2, -0.15) is 9.78 Å². The highest BCUT2D eigenvalue weighted by atomic mass is 32.2. The minimum Gasteiger partial charge on any atom is -0.378 e. The summed E-state index contributed by atoms with van der Waals surface area (Å²) in [6.45, 7) is 0. The van der Waals surface area contributed by atoms with Gasteiger partial charge in [-0.25, -0.2) is 14.4 Å². The van der Waals surface area contributed by atoms with Gasteiger partial charge < -0.3 is 10.3 Å². The maximum Gasteiger partial charge on any atom is 0.293 e. The topological polar surface area (TPSA) is 168 Å². The largest absolute Gasteiger partial charge is 0.378 e. The van der Waals surface area contributed by atoms with Gasteiger partial charge in [0.15, 0.2) is 10.9 Å². The number of hydrogen-bond acceptors (Lipinski definition) is 11. The molecule has 0 aliphatic rings. The van der Waals surface area contributed by atoms with Gasteiger partial charge in [0, 0.05) is 12.8 Å². The first-order valence-electron chi connectivity index (χ1n) is 8.61. The van der Waals surface area contributed by atoms with Crippen LogP contribution >= 0.6 is 11.8 Å². The van der Waals surface area contributed by atoms with Crippen molar-refractivity contribution in [2.45, 2.75) is 10.9 Å². The Morgan fingerprint density at radius 3 is 2.81 bits per heavy atom. The van der Waals surface area contributed by atoms with Gasteiger partial charge >= 0.3 is 0 Å². The Labute approximate surface area is 177 Å². The minimum atomic E-state index is -0.617. The SMILES string of the molecule is Cn1cnnc1SCc1c(C(=O)N/N=C\c2ccc(F)cc2)nnn1-c1nonc1N. The molecule has 0 saturated carbocycles. The standard InChI is InChI=1S/C16H14FN11O2S/c1-27-8-20-23-16(27)31-7-11-12(21-26-28(11)14-13(18)24-30-25-14)15(29)22-19-6-9-2-4-10(17)5-3-9/h2-6,8H,7H2,1H3,(H2,18,24)(H,22,29)/b19-6-. The number of nitrogens with one attached hydrogen (secondary N) is 1. The lowest BCUT2D eigenvalue weighted by Crippen LogP contribution is -2.20. The van der Waals surface area contributed by atoms with E-state index in [1.807, 2.05) is 0 Å². The van der Waals surface area contributed by atoms with Crippen molar-refractivity contribution in [3.8, 4) is 5.82 Å². The molecule has 3 heterocycles. The normalized spacial score (nSPS) is 11.3. The molecule has 0 atom stereocenters. The number of hydrogen-bond donors (Lipinski definition) is 2. The molecule has 1 amide bonds. The molecule has 0 spiro atoms. The number of aromatic nitrogens is 8. The van der Waals surface area contributed by atoms with Crippen LogP contribution in [0.15, 0.2) is 45.5 Å². The fourth-order valence-electron chi connectivity index (χ4n) is 2.42. The van der Waals surface area contributed by atoms with E-state index in [-0.39, 0.29) is 28.9 Å². The molecule has 4 rings (SSSR count). The molecule has 15 heteroatoms. The zero-order valence-electron chi connectivity index (χ0n) is 15.9. The van der Waals surface area contributed by atoms with E-state index in [0.29, 0.717) is 16.4 Å². The molecule has 31 heavy (non-hydrogen) atoms. The Morgan fingerprint density at radius 2 is 2.13 bits per heavy atom. The fourth-order valence-corrected chi connectivity index (χ4v) is 3.30. The molecular formula is C16H14FN11O2S. The predicted molar refractivity (Wildman–Crippen MR) is 106 cm³/mol. The molecule has 0 aliphatic carbocycles.